The number of rotatable bonds is 4. The third kappa shape index (κ3) is 2.13. The standard InChI is InChI=1S/C13H13N5O2/c1-17-7-5-14-12(17)4-6-18-11-8-9(13(19)20)2-3-10(11)15-16-18/h2-3,5,7-8H,4,6H2,1H3,(H,19,20). The first-order valence-corrected chi connectivity index (χ1v) is 6.18. The second-order valence-electron chi connectivity index (χ2n) is 4.53. The number of carbonyl (C=O) groups is 1. The van der Waals surface area contributed by atoms with E-state index in [-0.39, 0.29) is 5.56 Å². The minimum Gasteiger partial charge on any atom is -0.478 e. The molecule has 0 aliphatic rings. The highest BCUT2D eigenvalue weighted by atomic mass is 16.4. The Morgan fingerprint density at radius 2 is 2.25 bits per heavy atom. The Balaban J connectivity index is 1.89. The molecule has 0 atom stereocenters. The van der Waals surface area contributed by atoms with Crippen LogP contribution in [0.15, 0.2) is 30.6 Å². The summed E-state index contributed by atoms with van der Waals surface area (Å²) in [6.07, 6.45) is 4.34. The van der Waals surface area contributed by atoms with Gasteiger partial charge >= 0.3 is 5.97 Å². The maximum Gasteiger partial charge on any atom is 0.335 e. The number of hydrogen-bond donors (Lipinski definition) is 1. The fourth-order valence-electron chi connectivity index (χ4n) is 2.11. The lowest BCUT2D eigenvalue weighted by Crippen LogP contribution is -2.07. The Hall–Kier alpha value is -2.70. The highest BCUT2D eigenvalue weighted by molar-refractivity contribution is 5.92. The van der Waals surface area contributed by atoms with Gasteiger partial charge in [-0.15, -0.1) is 5.10 Å². The molecule has 0 radical (unpaired) electrons. The first kappa shape index (κ1) is 12.3. The fraction of sp³-hybridized carbons (Fsp3) is 0.231. The zero-order chi connectivity index (χ0) is 14.1. The second-order valence-corrected chi connectivity index (χ2v) is 4.53. The summed E-state index contributed by atoms with van der Waals surface area (Å²) in [5.41, 5.74) is 1.65. The smallest absolute Gasteiger partial charge is 0.335 e. The molecule has 0 aliphatic heterocycles. The number of imidazole rings is 1. The molecule has 2 aromatic heterocycles. The Morgan fingerprint density at radius 1 is 1.40 bits per heavy atom. The van der Waals surface area contributed by atoms with Crippen molar-refractivity contribution in [3.63, 3.8) is 0 Å². The van der Waals surface area contributed by atoms with Crippen LogP contribution < -0.4 is 0 Å². The number of carboxylic acid groups (broad SMARTS) is 1. The average Bonchev–Trinajstić information content (AvgIpc) is 3.02. The highest BCUT2D eigenvalue weighted by Gasteiger charge is 2.10. The van der Waals surface area contributed by atoms with E-state index < -0.39 is 5.97 Å². The SMILES string of the molecule is Cn1ccnc1CCn1nnc2ccc(C(=O)O)cc21. The van der Waals surface area contributed by atoms with Crippen LogP contribution in [-0.2, 0) is 20.0 Å². The molecular weight excluding hydrogens is 258 g/mol. The van der Waals surface area contributed by atoms with E-state index in [0.717, 1.165) is 11.3 Å². The topological polar surface area (TPSA) is 85.8 Å². The van der Waals surface area contributed by atoms with E-state index in [0.29, 0.717) is 18.5 Å². The van der Waals surface area contributed by atoms with Crippen LogP contribution in [0.5, 0.6) is 0 Å². The Bertz CT molecular complexity index is 774. The molecule has 0 saturated carbocycles. The van der Waals surface area contributed by atoms with Crippen molar-refractivity contribution in [3.05, 3.63) is 42.0 Å². The minimum absolute atomic E-state index is 0.234. The summed E-state index contributed by atoms with van der Waals surface area (Å²) in [6.45, 7) is 0.602. The Labute approximate surface area is 114 Å². The lowest BCUT2D eigenvalue weighted by atomic mass is 10.2. The van der Waals surface area contributed by atoms with Gasteiger partial charge < -0.3 is 9.67 Å². The fourth-order valence-corrected chi connectivity index (χ4v) is 2.11. The normalized spacial score (nSPS) is 11.1. The van der Waals surface area contributed by atoms with Gasteiger partial charge in [-0.1, -0.05) is 5.21 Å². The molecule has 3 rings (SSSR count). The number of hydrogen-bond acceptors (Lipinski definition) is 4. The van der Waals surface area contributed by atoms with Gasteiger partial charge in [-0.3, -0.25) is 0 Å². The van der Waals surface area contributed by atoms with E-state index in [1.807, 2.05) is 17.8 Å². The summed E-state index contributed by atoms with van der Waals surface area (Å²) in [5, 5.41) is 17.1. The van der Waals surface area contributed by atoms with Gasteiger partial charge in [0.05, 0.1) is 17.6 Å². The number of nitrogens with zero attached hydrogens (tertiary/aromatic N) is 5. The van der Waals surface area contributed by atoms with Crippen molar-refractivity contribution in [2.24, 2.45) is 7.05 Å². The van der Waals surface area contributed by atoms with Crippen molar-refractivity contribution in [3.8, 4) is 0 Å². The van der Waals surface area contributed by atoms with Crippen LogP contribution in [0.1, 0.15) is 16.2 Å². The van der Waals surface area contributed by atoms with Crippen molar-refractivity contribution in [1.29, 1.82) is 0 Å². The average molecular weight is 271 g/mol. The van der Waals surface area contributed by atoms with Crippen molar-refractivity contribution < 1.29 is 9.90 Å². The molecule has 2 heterocycles. The predicted molar refractivity (Wildman–Crippen MR) is 71.4 cm³/mol. The van der Waals surface area contributed by atoms with Crippen molar-refractivity contribution >= 4 is 17.0 Å². The van der Waals surface area contributed by atoms with Gasteiger partial charge in [-0.25, -0.2) is 14.5 Å². The van der Waals surface area contributed by atoms with Crippen LogP contribution in [0.2, 0.25) is 0 Å². The monoisotopic (exact) mass is 271 g/mol. The molecule has 1 N–H and O–H groups in total. The van der Waals surface area contributed by atoms with Gasteiger partial charge in [0.2, 0.25) is 0 Å². The summed E-state index contributed by atoms with van der Waals surface area (Å²) in [4.78, 5) is 15.3. The summed E-state index contributed by atoms with van der Waals surface area (Å²) < 4.78 is 3.65. The van der Waals surface area contributed by atoms with E-state index in [4.69, 9.17) is 5.11 Å². The first-order chi connectivity index (χ1) is 9.65. The number of aryl methyl sites for hydroxylation is 3. The number of aromatic nitrogens is 5. The number of aromatic carboxylic acids is 1. The van der Waals surface area contributed by atoms with Crippen LogP contribution in [0.3, 0.4) is 0 Å². The third-order valence-electron chi connectivity index (χ3n) is 3.23. The number of fused-ring (bicyclic) bond motifs is 1. The van der Waals surface area contributed by atoms with Crippen molar-refractivity contribution in [2.45, 2.75) is 13.0 Å². The highest BCUT2D eigenvalue weighted by Crippen LogP contribution is 2.14. The van der Waals surface area contributed by atoms with E-state index in [2.05, 4.69) is 15.3 Å². The molecular formula is C13H13N5O2. The lowest BCUT2D eigenvalue weighted by Gasteiger charge is -2.03. The molecule has 0 bridgehead atoms. The molecule has 7 nitrogen and oxygen atoms in total. The van der Waals surface area contributed by atoms with Crippen LogP contribution in [-0.4, -0.2) is 35.6 Å². The summed E-state index contributed by atoms with van der Waals surface area (Å²) in [6, 6.07) is 4.79. The predicted octanol–water partition coefficient (Wildman–Crippen LogP) is 1.11. The van der Waals surface area contributed by atoms with Crippen LogP contribution in [0, 0.1) is 0 Å². The second kappa shape index (κ2) is 4.76. The minimum atomic E-state index is -0.955. The first-order valence-electron chi connectivity index (χ1n) is 6.18. The van der Waals surface area contributed by atoms with Crippen LogP contribution in [0.25, 0.3) is 11.0 Å². The molecule has 0 saturated heterocycles. The van der Waals surface area contributed by atoms with Gasteiger partial charge in [-0.2, -0.15) is 0 Å². The zero-order valence-electron chi connectivity index (χ0n) is 10.9. The van der Waals surface area contributed by atoms with Gasteiger partial charge in [0.15, 0.2) is 0 Å². The van der Waals surface area contributed by atoms with Gasteiger partial charge in [0.25, 0.3) is 0 Å². The third-order valence-corrected chi connectivity index (χ3v) is 3.23. The van der Waals surface area contributed by atoms with E-state index in [1.54, 1.807) is 23.0 Å². The molecule has 102 valence electrons. The number of carboxylic acids is 1. The molecule has 1 aromatic carbocycles. The Kier molecular flexibility index (Phi) is 2.94. The van der Waals surface area contributed by atoms with E-state index in [9.17, 15) is 4.79 Å². The van der Waals surface area contributed by atoms with Crippen LogP contribution in [0.4, 0.5) is 0 Å². The molecule has 0 fully saturated rings. The molecule has 7 heteroatoms. The zero-order valence-corrected chi connectivity index (χ0v) is 10.9. The summed E-state index contributed by atoms with van der Waals surface area (Å²) in [5.74, 6) is -0.00760. The molecule has 0 spiro atoms. The van der Waals surface area contributed by atoms with E-state index >= 15 is 0 Å². The van der Waals surface area contributed by atoms with Gasteiger partial charge in [0.1, 0.15) is 11.3 Å². The Morgan fingerprint density at radius 3 is 2.95 bits per heavy atom. The maximum atomic E-state index is 11.0. The summed E-state index contributed by atoms with van der Waals surface area (Å²) in [7, 11) is 1.93. The molecule has 0 unspecified atom stereocenters. The number of benzene rings is 1. The van der Waals surface area contributed by atoms with Crippen molar-refractivity contribution in [1.82, 2.24) is 24.5 Å². The van der Waals surface area contributed by atoms with Gasteiger partial charge in [-0.05, 0) is 18.2 Å². The van der Waals surface area contributed by atoms with Gasteiger partial charge in [0, 0.05) is 25.9 Å². The molecule has 20 heavy (non-hydrogen) atoms. The molecule has 0 aliphatic carbocycles. The molecule has 0 amide bonds. The van der Waals surface area contributed by atoms with Crippen LogP contribution >= 0.6 is 0 Å². The molecule has 3 aromatic rings. The lowest BCUT2D eigenvalue weighted by molar-refractivity contribution is 0.0697. The van der Waals surface area contributed by atoms with Crippen molar-refractivity contribution in [2.75, 3.05) is 0 Å². The van der Waals surface area contributed by atoms with E-state index in [1.165, 1.54) is 6.07 Å². The maximum absolute atomic E-state index is 11.0. The largest absolute Gasteiger partial charge is 0.478 e. The quantitative estimate of drug-likeness (QED) is 0.768. The summed E-state index contributed by atoms with van der Waals surface area (Å²) >= 11 is 0.